The summed E-state index contributed by atoms with van der Waals surface area (Å²) in [6.45, 7) is 2.14. The minimum Gasteiger partial charge on any atom is -0.466 e. The molecular weight excluding hydrogens is 208 g/mol. The molecule has 2 rings (SSSR count). The molecule has 0 spiro atoms. The molecule has 0 aromatic heterocycles. The highest BCUT2D eigenvalue weighted by Gasteiger charge is 2.46. The van der Waals surface area contributed by atoms with Gasteiger partial charge in [-0.15, -0.1) is 0 Å². The number of ether oxygens (including phenoxy) is 2. The summed E-state index contributed by atoms with van der Waals surface area (Å²) in [7, 11) is 0. The van der Waals surface area contributed by atoms with Crippen LogP contribution in [0.1, 0.15) is 39.0 Å². The van der Waals surface area contributed by atoms with Crippen LogP contribution in [0.3, 0.4) is 0 Å². The Hall–Kier alpha value is -1.06. The van der Waals surface area contributed by atoms with Crippen molar-refractivity contribution in [3.8, 4) is 0 Å². The van der Waals surface area contributed by atoms with Crippen molar-refractivity contribution >= 4 is 11.9 Å². The molecule has 90 valence electrons. The van der Waals surface area contributed by atoms with E-state index >= 15 is 0 Å². The van der Waals surface area contributed by atoms with Gasteiger partial charge in [0.15, 0.2) is 0 Å². The predicted octanol–water partition coefficient (Wildman–Crippen LogP) is 1.67. The lowest BCUT2D eigenvalue weighted by atomic mass is 9.79. The molecule has 0 bridgehead atoms. The van der Waals surface area contributed by atoms with Crippen molar-refractivity contribution in [1.29, 1.82) is 0 Å². The largest absolute Gasteiger partial charge is 0.466 e. The molecule has 4 nitrogen and oxygen atoms in total. The van der Waals surface area contributed by atoms with E-state index in [1.54, 1.807) is 6.92 Å². The molecule has 0 aromatic carbocycles. The van der Waals surface area contributed by atoms with Gasteiger partial charge < -0.3 is 9.47 Å². The van der Waals surface area contributed by atoms with Gasteiger partial charge in [0.2, 0.25) is 0 Å². The van der Waals surface area contributed by atoms with Crippen LogP contribution < -0.4 is 0 Å². The normalized spacial score (nSPS) is 33.1. The van der Waals surface area contributed by atoms with Crippen LogP contribution in [0, 0.1) is 11.8 Å². The summed E-state index contributed by atoms with van der Waals surface area (Å²) in [6.07, 6.45) is 4.46. The smallest absolute Gasteiger partial charge is 0.310 e. The Kier molecular flexibility index (Phi) is 3.46. The van der Waals surface area contributed by atoms with Crippen LogP contribution in [0.2, 0.25) is 0 Å². The maximum Gasteiger partial charge on any atom is 0.310 e. The monoisotopic (exact) mass is 226 g/mol. The molecule has 1 heterocycles. The Morgan fingerprint density at radius 3 is 2.94 bits per heavy atom. The number of rotatable bonds is 3. The van der Waals surface area contributed by atoms with Crippen molar-refractivity contribution in [2.45, 2.75) is 45.1 Å². The van der Waals surface area contributed by atoms with Crippen molar-refractivity contribution in [3.63, 3.8) is 0 Å². The third kappa shape index (κ3) is 2.20. The fraction of sp³-hybridized carbons (Fsp3) is 0.833. The van der Waals surface area contributed by atoms with Gasteiger partial charge >= 0.3 is 11.9 Å². The van der Waals surface area contributed by atoms with E-state index in [-0.39, 0.29) is 36.3 Å². The van der Waals surface area contributed by atoms with Crippen molar-refractivity contribution in [2.24, 2.45) is 11.8 Å². The van der Waals surface area contributed by atoms with E-state index in [2.05, 4.69) is 0 Å². The zero-order chi connectivity index (χ0) is 11.5. The molecule has 1 saturated carbocycles. The Bertz CT molecular complexity index is 287. The van der Waals surface area contributed by atoms with Crippen molar-refractivity contribution in [2.75, 3.05) is 6.61 Å². The Balaban J connectivity index is 1.97. The summed E-state index contributed by atoms with van der Waals surface area (Å²) in [4.78, 5) is 23.0. The van der Waals surface area contributed by atoms with E-state index in [1.165, 1.54) is 0 Å². The third-order valence-corrected chi connectivity index (χ3v) is 3.53. The second-order valence-electron chi connectivity index (χ2n) is 4.54. The van der Waals surface area contributed by atoms with Crippen molar-refractivity contribution < 1.29 is 19.1 Å². The highest BCUT2D eigenvalue weighted by Crippen LogP contribution is 2.40. The van der Waals surface area contributed by atoms with Gasteiger partial charge in [-0.2, -0.15) is 0 Å². The van der Waals surface area contributed by atoms with Gasteiger partial charge in [0, 0.05) is 5.92 Å². The number of carbonyl (C=O) groups is 2. The molecule has 1 aliphatic heterocycles. The maximum absolute atomic E-state index is 11.7. The van der Waals surface area contributed by atoms with Crippen LogP contribution >= 0.6 is 0 Å². The van der Waals surface area contributed by atoms with Gasteiger partial charge in [-0.05, 0) is 26.2 Å². The van der Waals surface area contributed by atoms with Gasteiger partial charge in [-0.3, -0.25) is 9.59 Å². The van der Waals surface area contributed by atoms with Gasteiger partial charge in [0.05, 0.1) is 18.9 Å². The molecule has 0 amide bonds. The molecular formula is C12H18O4. The summed E-state index contributed by atoms with van der Waals surface area (Å²) < 4.78 is 10.2. The number of esters is 2. The number of carbonyl (C=O) groups excluding carboxylic acids is 2. The van der Waals surface area contributed by atoms with Crippen LogP contribution in [0.5, 0.6) is 0 Å². The third-order valence-electron chi connectivity index (χ3n) is 3.53. The fourth-order valence-electron chi connectivity index (χ4n) is 2.78. The lowest BCUT2D eigenvalue weighted by Gasteiger charge is -2.24. The van der Waals surface area contributed by atoms with E-state index in [1.807, 2.05) is 0 Å². The van der Waals surface area contributed by atoms with E-state index < -0.39 is 0 Å². The Morgan fingerprint density at radius 1 is 1.44 bits per heavy atom. The van der Waals surface area contributed by atoms with Gasteiger partial charge in [-0.1, -0.05) is 6.42 Å². The van der Waals surface area contributed by atoms with Crippen molar-refractivity contribution in [1.82, 2.24) is 0 Å². The molecule has 2 fully saturated rings. The topological polar surface area (TPSA) is 52.6 Å². The second kappa shape index (κ2) is 4.85. The SMILES string of the molecule is CCOC(=O)C[C@@H]1C(=O)O[C@H]2CCCC[C@H]21. The number of hydrogen-bond acceptors (Lipinski definition) is 4. The fourth-order valence-corrected chi connectivity index (χ4v) is 2.78. The minimum absolute atomic E-state index is 0.0562. The first-order valence-corrected chi connectivity index (χ1v) is 6.08. The Labute approximate surface area is 95.3 Å². The lowest BCUT2D eigenvalue weighted by Crippen LogP contribution is -2.26. The average Bonchev–Trinajstić information content (AvgIpc) is 2.56. The lowest BCUT2D eigenvalue weighted by molar-refractivity contribution is -0.151. The Morgan fingerprint density at radius 2 is 2.19 bits per heavy atom. The number of hydrogen-bond donors (Lipinski definition) is 0. The van der Waals surface area contributed by atoms with Crippen LogP contribution in [-0.4, -0.2) is 24.6 Å². The first-order valence-electron chi connectivity index (χ1n) is 6.08. The van der Waals surface area contributed by atoms with Gasteiger partial charge in [0.25, 0.3) is 0 Å². The quantitative estimate of drug-likeness (QED) is 0.687. The minimum atomic E-state index is -0.282. The van der Waals surface area contributed by atoms with Crippen LogP contribution in [0.15, 0.2) is 0 Å². The molecule has 16 heavy (non-hydrogen) atoms. The van der Waals surface area contributed by atoms with Crippen LogP contribution in [0.4, 0.5) is 0 Å². The van der Waals surface area contributed by atoms with E-state index in [0.29, 0.717) is 6.61 Å². The molecule has 1 aliphatic carbocycles. The van der Waals surface area contributed by atoms with E-state index in [4.69, 9.17) is 9.47 Å². The summed E-state index contributed by atoms with van der Waals surface area (Å²) in [5.41, 5.74) is 0. The maximum atomic E-state index is 11.7. The molecule has 0 unspecified atom stereocenters. The average molecular weight is 226 g/mol. The molecule has 3 atom stereocenters. The molecule has 0 aromatic rings. The first kappa shape index (κ1) is 11.4. The van der Waals surface area contributed by atoms with Crippen molar-refractivity contribution in [3.05, 3.63) is 0 Å². The highest BCUT2D eigenvalue weighted by atomic mass is 16.6. The predicted molar refractivity (Wildman–Crippen MR) is 56.6 cm³/mol. The summed E-state index contributed by atoms with van der Waals surface area (Å²) >= 11 is 0. The zero-order valence-electron chi connectivity index (χ0n) is 9.61. The van der Waals surface area contributed by atoms with E-state index in [0.717, 1.165) is 25.7 Å². The number of fused-ring (bicyclic) bond motifs is 1. The van der Waals surface area contributed by atoms with E-state index in [9.17, 15) is 9.59 Å². The summed E-state index contributed by atoms with van der Waals surface area (Å²) in [6, 6.07) is 0. The molecule has 0 N–H and O–H groups in total. The summed E-state index contributed by atoms with van der Waals surface area (Å²) in [5, 5.41) is 0. The summed E-state index contributed by atoms with van der Waals surface area (Å²) in [5.74, 6) is -0.504. The zero-order valence-corrected chi connectivity index (χ0v) is 9.61. The van der Waals surface area contributed by atoms with Crippen LogP contribution in [0.25, 0.3) is 0 Å². The second-order valence-corrected chi connectivity index (χ2v) is 4.54. The molecule has 1 saturated heterocycles. The van der Waals surface area contributed by atoms with Crippen LogP contribution in [-0.2, 0) is 19.1 Å². The highest BCUT2D eigenvalue weighted by molar-refractivity contribution is 5.81. The standard InChI is InChI=1S/C12H18O4/c1-2-15-11(13)7-9-8-5-3-4-6-10(8)16-12(9)14/h8-10H,2-7H2,1H3/t8-,9-,10-/m0/s1. The molecule has 0 radical (unpaired) electrons. The van der Waals surface area contributed by atoms with Gasteiger partial charge in [-0.25, -0.2) is 0 Å². The molecule has 2 aliphatic rings. The van der Waals surface area contributed by atoms with Gasteiger partial charge in [0.1, 0.15) is 6.10 Å². The molecule has 4 heteroatoms. The first-order chi connectivity index (χ1) is 7.72.